The zero-order valence-electron chi connectivity index (χ0n) is 41.4. The number of amides is 4. The molecule has 0 bridgehead atoms. The highest BCUT2D eigenvalue weighted by Crippen LogP contribution is 2.58. The number of nitrogens with one attached hydrogen (secondary N) is 4. The molecule has 4 N–H and O–H groups in total. The van der Waals surface area contributed by atoms with E-state index in [0.717, 1.165) is 80.9 Å². The minimum Gasteiger partial charge on any atom is -0.453 e. The van der Waals surface area contributed by atoms with Crippen molar-refractivity contribution < 1.29 is 28.7 Å². The molecule has 0 unspecified atom stereocenters. The Morgan fingerprint density at radius 1 is 0.676 bits per heavy atom. The number of fused-ring (bicyclic) bond motifs is 1. The lowest BCUT2D eigenvalue weighted by Gasteiger charge is -2.30. The monoisotopic (exact) mass is 961 g/mol. The summed E-state index contributed by atoms with van der Waals surface area (Å²) >= 11 is 0. The fraction of sp³-hybridized carbons (Fsp3) is 0.455. The Kier molecular flexibility index (Phi) is 13.1. The molecule has 10 rings (SSSR count). The van der Waals surface area contributed by atoms with Crippen LogP contribution in [0.2, 0.25) is 0 Å². The second-order valence-corrected chi connectivity index (χ2v) is 21.0. The molecule has 2 saturated carbocycles. The van der Waals surface area contributed by atoms with E-state index >= 15 is 0 Å². The van der Waals surface area contributed by atoms with Gasteiger partial charge in [0.15, 0.2) is 0 Å². The van der Waals surface area contributed by atoms with Gasteiger partial charge in [0.1, 0.15) is 23.7 Å². The highest BCUT2D eigenvalue weighted by Gasteiger charge is 2.55. The molecule has 4 aliphatic rings. The van der Waals surface area contributed by atoms with Crippen LogP contribution in [0.4, 0.5) is 9.59 Å². The van der Waals surface area contributed by atoms with Crippen LogP contribution in [0, 0.1) is 23.2 Å². The number of imidazole rings is 2. The summed E-state index contributed by atoms with van der Waals surface area (Å²) in [4.78, 5) is 82.9. The molecule has 16 heteroatoms. The molecule has 4 amide bonds. The smallest absolute Gasteiger partial charge is 0.407 e. The Labute approximate surface area is 414 Å². The topological polar surface area (TPSA) is 200 Å². The number of nitrogens with zero attached hydrogens (tertiary/aromatic N) is 6. The Morgan fingerprint density at radius 3 is 1.80 bits per heavy atom. The molecular weight excluding hydrogens is 897 g/mol. The largest absolute Gasteiger partial charge is 0.453 e. The van der Waals surface area contributed by atoms with Gasteiger partial charge >= 0.3 is 12.2 Å². The number of aromatic amines is 2. The minimum absolute atomic E-state index is 0.110. The molecule has 6 aromatic rings. The lowest BCUT2D eigenvalue weighted by molar-refractivity contribution is -0.136. The van der Waals surface area contributed by atoms with Crippen LogP contribution in [0.1, 0.15) is 114 Å². The molecule has 1 spiro atoms. The predicted octanol–water partition coefficient (Wildman–Crippen LogP) is 9.29. The van der Waals surface area contributed by atoms with E-state index in [4.69, 9.17) is 29.4 Å². The van der Waals surface area contributed by atoms with Crippen molar-refractivity contribution in [3.8, 4) is 33.6 Å². The molecule has 2 aliphatic heterocycles. The standard InChI is InChI=1S/C55H64N10O6/c1-31(2)47(62-53(68)70-5)51(66)64-29-33(20-41-25-57-42(26-56-41)35-8-7-9-35)21-45(64)49-58-27-43(60-49)36-12-10-34(11-13-36)37-14-15-39-23-40(17-16-38(39)22-37)44-28-59-50(61-44)46-24-55(18-19-55)30-65(46)52(67)48(32(3)4)63-54(69)71-6/h10-17,22-23,25-28,31-33,35,45-48H,7-9,18-21,24,29-30H2,1-6H3,(H,58,60)(H,59,61)(H,62,68)(H,63,69)/t33-,45-,46-,47-,48-/m0/s1. The average Bonchev–Trinajstić information content (AvgIpc) is 3.85. The number of hydrogen-bond acceptors (Lipinski definition) is 10. The third kappa shape index (κ3) is 9.85. The van der Waals surface area contributed by atoms with Crippen LogP contribution in [0.25, 0.3) is 44.4 Å². The first-order chi connectivity index (χ1) is 34.3. The molecule has 370 valence electrons. The van der Waals surface area contributed by atoms with Gasteiger partial charge in [0.2, 0.25) is 11.8 Å². The summed E-state index contributed by atoms with van der Waals surface area (Å²) in [5.41, 5.74) is 7.91. The second kappa shape index (κ2) is 19.6. The van der Waals surface area contributed by atoms with Gasteiger partial charge in [0, 0.05) is 37.0 Å². The fourth-order valence-electron chi connectivity index (χ4n) is 10.8. The first-order valence-corrected chi connectivity index (χ1v) is 25.1. The number of carbonyl (C=O) groups is 4. The zero-order valence-corrected chi connectivity index (χ0v) is 41.4. The van der Waals surface area contributed by atoms with Crippen molar-refractivity contribution in [1.29, 1.82) is 0 Å². The van der Waals surface area contributed by atoms with Crippen molar-refractivity contribution in [1.82, 2.24) is 50.3 Å². The first-order valence-electron chi connectivity index (χ1n) is 25.1. The van der Waals surface area contributed by atoms with E-state index in [1.807, 2.05) is 62.3 Å². The van der Waals surface area contributed by atoms with Gasteiger partial charge in [-0.2, -0.15) is 0 Å². The van der Waals surface area contributed by atoms with Crippen LogP contribution in [0.3, 0.4) is 0 Å². The first kappa shape index (κ1) is 47.6. The molecule has 2 saturated heterocycles. The van der Waals surface area contributed by atoms with Crippen LogP contribution >= 0.6 is 0 Å². The van der Waals surface area contributed by atoms with E-state index in [-0.39, 0.29) is 47.1 Å². The van der Waals surface area contributed by atoms with E-state index < -0.39 is 24.3 Å². The van der Waals surface area contributed by atoms with Gasteiger partial charge in [0.25, 0.3) is 0 Å². The van der Waals surface area contributed by atoms with Gasteiger partial charge in [-0.05, 0) is 108 Å². The van der Waals surface area contributed by atoms with Gasteiger partial charge < -0.3 is 39.9 Å². The Balaban J connectivity index is 0.833. The summed E-state index contributed by atoms with van der Waals surface area (Å²) in [7, 11) is 2.61. The van der Waals surface area contributed by atoms with E-state index in [1.165, 1.54) is 33.5 Å². The quantitative estimate of drug-likeness (QED) is 0.0816. The predicted molar refractivity (Wildman–Crippen MR) is 269 cm³/mol. The number of hydrogen-bond donors (Lipinski definition) is 4. The average molecular weight is 961 g/mol. The van der Waals surface area contributed by atoms with Crippen molar-refractivity contribution >= 4 is 34.8 Å². The van der Waals surface area contributed by atoms with Crippen LogP contribution in [-0.4, -0.2) is 103 Å². The molecule has 2 aliphatic carbocycles. The van der Waals surface area contributed by atoms with Crippen molar-refractivity contribution in [2.45, 2.75) is 109 Å². The van der Waals surface area contributed by atoms with Gasteiger partial charge in [-0.3, -0.25) is 19.6 Å². The molecule has 5 heterocycles. The lowest BCUT2D eigenvalue weighted by Crippen LogP contribution is -2.51. The SMILES string of the molecule is COC(=O)N[C@H](C(=O)N1C[C@@H](Cc2cnc(C3CCC3)cn2)C[C@H]1c1ncc(-c2ccc(-c3ccc4cc(-c5cnc([C@@H]6CC7(CC7)CN6C(=O)[C@@H](NC(=O)OC)C(C)C)[nH]5)ccc4c3)cc2)[nH]1)C(C)C. The van der Waals surface area contributed by atoms with Crippen molar-refractivity contribution in [2.24, 2.45) is 23.2 Å². The van der Waals surface area contributed by atoms with Gasteiger partial charge in [-0.1, -0.05) is 82.6 Å². The van der Waals surface area contributed by atoms with Crippen LogP contribution in [0.15, 0.2) is 85.5 Å². The summed E-state index contributed by atoms with van der Waals surface area (Å²) in [5, 5.41) is 7.72. The number of rotatable bonds is 14. The number of aromatic nitrogens is 6. The van der Waals surface area contributed by atoms with E-state index in [2.05, 4.69) is 81.3 Å². The molecule has 4 fully saturated rings. The molecule has 71 heavy (non-hydrogen) atoms. The van der Waals surface area contributed by atoms with Gasteiger partial charge in [-0.15, -0.1) is 0 Å². The summed E-state index contributed by atoms with van der Waals surface area (Å²) in [6, 6.07) is 19.2. The Morgan fingerprint density at radius 2 is 1.24 bits per heavy atom. The zero-order chi connectivity index (χ0) is 49.6. The van der Waals surface area contributed by atoms with Gasteiger partial charge in [0.05, 0.1) is 61.5 Å². The van der Waals surface area contributed by atoms with E-state index in [1.54, 1.807) is 0 Å². The fourth-order valence-corrected chi connectivity index (χ4v) is 10.8. The molecular formula is C55H64N10O6. The van der Waals surface area contributed by atoms with Crippen LogP contribution in [0.5, 0.6) is 0 Å². The molecule has 3 aromatic heterocycles. The maximum atomic E-state index is 14.3. The van der Waals surface area contributed by atoms with Gasteiger partial charge in [-0.25, -0.2) is 19.6 Å². The third-order valence-corrected chi connectivity index (χ3v) is 15.5. The van der Waals surface area contributed by atoms with Crippen molar-refractivity contribution in [3.05, 3.63) is 108 Å². The Hall–Kier alpha value is -7.10. The summed E-state index contributed by atoms with van der Waals surface area (Å²) in [6.45, 7) is 8.83. The maximum absolute atomic E-state index is 14.3. The molecule has 0 radical (unpaired) electrons. The number of methoxy groups -OCH3 is 2. The maximum Gasteiger partial charge on any atom is 0.407 e. The summed E-state index contributed by atoms with van der Waals surface area (Å²) in [5.74, 6) is 1.51. The number of carbonyl (C=O) groups excluding carboxylic acids is 4. The van der Waals surface area contributed by atoms with Crippen molar-refractivity contribution in [2.75, 3.05) is 27.3 Å². The number of alkyl carbamates (subject to hydrolysis) is 2. The summed E-state index contributed by atoms with van der Waals surface area (Å²) < 4.78 is 9.73. The molecule has 3 aromatic carbocycles. The van der Waals surface area contributed by atoms with Crippen LogP contribution in [-0.2, 0) is 25.5 Å². The van der Waals surface area contributed by atoms with E-state index in [9.17, 15) is 19.2 Å². The minimum atomic E-state index is -0.763. The normalized spacial score (nSPS) is 20.3. The molecule has 5 atom stereocenters. The highest BCUT2D eigenvalue weighted by atomic mass is 16.5. The summed E-state index contributed by atoms with van der Waals surface area (Å²) in [6.07, 6.45) is 14.2. The van der Waals surface area contributed by atoms with Crippen molar-refractivity contribution in [3.63, 3.8) is 0 Å². The highest BCUT2D eigenvalue weighted by molar-refractivity contribution is 5.91. The number of H-pyrrole nitrogens is 2. The van der Waals surface area contributed by atoms with Crippen LogP contribution < -0.4 is 10.6 Å². The lowest BCUT2D eigenvalue weighted by atomic mass is 9.83. The number of ether oxygens (including phenoxy) is 2. The Bertz CT molecular complexity index is 2920. The second-order valence-electron chi connectivity index (χ2n) is 21.0. The van der Waals surface area contributed by atoms with E-state index in [0.29, 0.717) is 37.7 Å². The molecule has 16 nitrogen and oxygen atoms in total. The number of benzene rings is 3. The third-order valence-electron chi connectivity index (χ3n) is 15.5. The number of likely N-dealkylation sites (tertiary alicyclic amines) is 2.